The second-order valence-electron chi connectivity index (χ2n) is 8.32. The summed E-state index contributed by atoms with van der Waals surface area (Å²) in [5.41, 5.74) is 0.0620. The topological polar surface area (TPSA) is 82.9 Å². The standard InChI is InChI=1S/C18H29ClN2O4Si/c1-17(2,3)15(25-26(4)5)14-13(19)10-12(11-20-14)18(24)6-8-21(9-7-18)16(22)23/h10-11,15,24,26H,6-9H2,1-5H3,(H,22,23). The number of carbonyl (C=O) groups is 1. The SMILES string of the molecule is C[SiH](C)OC(c1ncc(C2(O)CCN(C(=O)O)CC2)cc1Cl)C(C)(C)C. The molecule has 2 heterocycles. The van der Waals surface area contributed by atoms with Gasteiger partial charge in [0.2, 0.25) is 0 Å². The lowest BCUT2D eigenvalue weighted by Crippen LogP contribution is -2.44. The molecule has 0 spiro atoms. The van der Waals surface area contributed by atoms with Gasteiger partial charge in [0, 0.05) is 24.8 Å². The van der Waals surface area contributed by atoms with Gasteiger partial charge < -0.3 is 19.5 Å². The Morgan fingerprint density at radius 2 is 1.96 bits per heavy atom. The van der Waals surface area contributed by atoms with E-state index in [1.807, 2.05) is 0 Å². The molecule has 1 aromatic heterocycles. The van der Waals surface area contributed by atoms with Crippen LogP contribution in [0.2, 0.25) is 18.1 Å². The van der Waals surface area contributed by atoms with E-state index in [1.165, 1.54) is 4.90 Å². The third-order valence-corrected chi connectivity index (χ3v) is 5.83. The summed E-state index contributed by atoms with van der Waals surface area (Å²) in [7, 11) is -1.30. The summed E-state index contributed by atoms with van der Waals surface area (Å²) >= 11 is 6.53. The Labute approximate surface area is 161 Å². The number of rotatable bonds is 4. The highest BCUT2D eigenvalue weighted by atomic mass is 35.5. The molecule has 146 valence electrons. The maximum absolute atomic E-state index is 11.1. The van der Waals surface area contributed by atoms with Crippen LogP contribution >= 0.6 is 11.6 Å². The number of likely N-dealkylation sites (tertiary alicyclic amines) is 1. The molecule has 0 bridgehead atoms. The number of piperidine rings is 1. The molecule has 0 saturated carbocycles. The zero-order chi connectivity index (χ0) is 19.7. The van der Waals surface area contributed by atoms with Crippen molar-refractivity contribution in [3.63, 3.8) is 0 Å². The Morgan fingerprint density at radius 3 is 2.38 bits per heavy atom. The van der Waals surface area contributed by atoms with Gasteiger partial charge in [-0.25, -0.2) is 4.79 Å². The number of halogens is 1. The molecule has 1 aliphatic rings. The van der Waals surface area contributed by atoms with Gasteiger partial charge in [0.1, 0.15) is 0 Å². The van der Waals surface area contributed by atoms with Crippen LogP contribution in [0.3, 0.4) is 0 Å². The normalized spacial score (nSPS) is 18.8. The minimum absolute atomic E-state index is 0.154. The molecule has 1 amide bonds. The predicted molar refractivity (Wildman–Crippen MR) is 104 cm³/mol. The van der Waals surface area contributed by atoms with E-state index in [0.717, 1.165) is 0 Å². The molecule has 1 aliphatic heterocycles. The van der Waals surface area contributed by atoms with E-state index in [1.54, 1.807) is 12.3 Å². The second-order valence-corrected chi connectivity index (χ2v) is 11.1. The molecule has 1 atom stereocenters. The van der Waals surface area contributed by atoms with Gasteiger partial charge in [-0.3, -0.25) is 4.98 Å². The molecule has 6 nitrogen and oxygen atoms in total. The molecule has 2 rings (SSSR count). The Morgan fingerprint density at radius 1 is 1.38 bits per heavy atom. The smallest absolute Gasteiger partial charge is 0.407 e. The largest absolute Gasteiger partial charge is 0.465 e. The predicted octanol–water partition coefficient (Wildman–Crippen LogP) is 3.78. The Bertz CT molecular complexity index is 655. The Balaban J connectivity index is 2.27. The molecule has 0 aliphatic carbocycles. The van der Waals surface area contributed by atoms with Crippen molar-refractivity contribution in [1.29, 1.82) is 0 Å². The summed E-state index contributed by atoms with van der Waals surface area (Å²) in [5.74, 6) is 0. The molecule has 8 heteroatoms. The van der Waals surface area contributed by atoms with Crippen molar-refractivity contribution in [3.8, 4) is 0 Å². The summed E-state index contributed by atoms with van der Waals surface area (Å²) in [5, 5.41) is 20.5. The maximum atomic E-state index is 11.1. The van der Waals surface area contributed by atoms with Crippen molar-refractivity contribution in [3.05, 3.63) is 28.5 Å². The van der Waals surface area contributed by atoms with Crippen LogP contribution < -0.4 is 0 Å². The summed E-state index contributed by atoms with van der Waals surface area (Å²) < 4.78 is 6.19. The number of aromatic nitrogens is 1. The molecule has 0 aromatic carbocycles. The first kappa shape index (κ1) is 21.2. The fourth-order valence-corrected chi connectivity index (χ4v) is 4.55. The lowest BCUT2D eigenvalue weighted by molar-refractivity contribution is -0.0217. The van der Waals surface area contributed by atoms with Crippen molar-refractivity contribution in [2.45, 2.75) is 58.4 Å². The first-order valence-electron chi connectivity index (χ1n) is 8.95. The summed E-state index contributed by atoms with van der Waals surface area (Å²) in [4.78, 5) is 16.9. The third kappa shape index (κ3) is 4.76. The lowest BCUT2D eigenvalue weighted by atomic mass is 9.84. The molecule has 1 aromatic rings. The monoisotopic (exact) mass is 400 g/mol. The minimum Gasteiger partial charge on any atom is -0.465 e. The zero-order valence-corrected chi connectivity index (χ0v) is 18.0. The number of hydrogen-bond acceptors (Lipinski definition) is 4. The summed E-state index contributed by atoms with van der Waals surface area (Å²) in [6, 6.07) is 1.75. The van der Waals surface area contributed by atoms with E-state index in [9.17, 15) is 9.90 Å². The van der Waals surface area contributed by atoms with Crippen LogP contribution in [0.4, 0.5) is 4.79 Å². The van der Waals surface area contributed by atoms with Crippen LogP contribution in [0, 0.1) is 5.41 Å². The van der Waals surface area contributed by atoms with Crippen LogP contribution in [-0.2, 0) is 10.0 Å². The molecule has 1 saturated heterocycles. The third-order valence-electron chi connectivity index (χ3n) is 4.71. The van der Waals surface area contributed by atoms with E-state index < -0.39 is 20.7 Å². The lowest BCUT2D eigenvalue weighted by Gasteiger charge is -2.37. The average molecular weight is 401 g/mol. The first-order chi connectivity index (χ1) is 11.9. The van der Waals surface area contributed by atoms with Gasteiger partial charge >= 0.3 is 6.09 Å². The molecular weight excluding hydrogens is 372 g/mol. The van der Waals surface area contributed by atoms with Gasteiger partial charge in [0.25, 0.3) is 0 Å². The van der Waals surface area contributed by atoms with Crippen LogP contribution in [0.1, 0.15) is 51.0 Å². The van der Waals surface area contributed by atoms with Gasteiger partial charge in [-0.05, 0) is 37.4 Å². The fourth-order valence-electron chi connectivity index (χ4n) is 3.20. The van der Waals surface area contributed by atoms with E-state index in [4.69, 9.17) is 21.1 Å². The number of amides is 1. The van der Waals surface area contributed by atoms with Gasteiger partial charge in [-0.15, -0.1) is 0 Å². The maximum Gasteiger partial charge on any atom is 0.407 e. The number of carboxylic acid groups (broad SMARTS) is 1. The van der Waals surface area contributed by atoms with E-state index in [0.29, 0.717) is 29.1 Å². The molecular formula is C18H29ClN2O4Si. The molecule has 1 fully saturated rings. The van der Waals surface area contributed by atoms with Crippen LogP contribution in [-0.4, -0.2) is 48.3 Å². The van der Waals surface area contributed by atoms with Crippen LogP contribution in [0.5, 0.6) is 0 Å². The van der Waals surface area contributed by atoms with Gasteiger partial charge in [0.05, 0.1) is 22.4 Å². The van der Waals surface area contributed by atoms with Gasteiger partial charge in [-0.2, -0.15) is 0 Å². The summed E-state index contributed by atoms with van der Waals surface area (Å²) in [6.45, 7) is 11.1. The van der Waals surface area contributed by atoms with Crippen molar-refractivity contribution in [2.75, 3.05) is 13.1 Å². The fraction of sp³-hybridized carbons (Fsp3) is 0.667. The van der Waals surface area contributed by atoms with E-state index >= 15 is 0 Å². The Kier molecular flexibility index (Phi) is 6.38. The van der Waals surface area contributed by atoms with Crippen LogP contribution in [0.25, 0.3) is 0 Å². The zero-order valence-electron chi connectivity index (χ0n) is 16.1. The minimum atomic E-state index is -1.30. The highest BCUT2D eigenvalue weighted by molar-refractivity contribution is 6.48. The Hall–Kier alpha value is -1.15. The van der Waals surface area contributed by atoms with Gasteiger partial charge in [-0.1, -0.05) is 32.4 Å². The van der Waals surface area contributed by atoms with Crippen LogP contribution in [0.15, 0.2) is 12.3 Å². The number of aliphatic hydroxyl groups is 1. The van der Waals surface area contributed by atoms with Gasteiger partial charge in [0.15, 0.2) is 9.04 Å². The van der Waals surface area contributed by atoms with E-state index in [-0.39, 0.29) is 24.6 Å². The van der Waals surface area contributed by atoms with Crippen molar-refractivity contribution < 1.29 is 19.4 Å². The number of nitrogens with zero attached hydrogens (tertiary/aromatic N) is 2. The molecule has 1 unspecified atom stereocenters. The van der Waals surface area contributed by atoms with Crippen molar-refractivity contribution >= 4 is 26.7 Å². The number of hydrogen-bond donors (Lipinski definition) is 2. The average Bonchev–Trinajstić information content (AvgIpc) is 2.52. The highest BCUT2D eigenvalue weighted by Gasteiger charge is 2.37. The summed E-state index contributed by atoms with van der Waals surface area (Å²) in [6.07, 6.45) is 1.14. The second kappa shape index (κ2) is 7.84. The van der Waals surface area contributed by atoms with Crippen molar-refractivity contribution in [1.82, 2.24) is 9.88 Å². The molecule has 0 radical (unpaired) electrons. The van der Waals surface area contributed by atoms with Crippen molar-refractivity contribution in [2.24, 2.45) is 5.41 Å². The highest BCUT2D eigenvalue weighted by Crippen LogP contribution is 2.40. The number of pyridine rings is 1. The quantitative estimate of drug-likeness (QED) is 0.751. The first-order valence-corrected chi connectivity index (χ1v) is 12.1. The van der Waals surface area contributed by atoms with E-state index in [2.05, 4.69) is 38.8 Å². The molecule has 2 N–H and O–H groups in total. The molecule has 26 heavy (non-hydrogen) atoms.